The molecule has 3 nitrogen and oxygen atoms in total. The summed E-state index contributed by atoms with van der Waals surface area (Å²) in [6.45, 7) is 6.12. The standard InChI is InChI=1S/C11H21NO2.CH4/c1-3-14-9-11-5-4-6-12(11)8-10(7-11)13-2;/h10H,3-9H2,1-2H3;1H4. The Morgan fingerprint density at radius 2 is 2.27 bits per heavy atom. The molecule has 0 saturated carbocycles. The van der Waals surface area contributed by atoms with Crippen LogP contribution in [0.4, 0.5) is 0 Å². The molecule has 0 spiro atoms. The zero-order chi connectivity index (χ0) is 10.0. The molecule has 15 heavy (non-hydrogen) atoms. The topological polar surface area (TPSA) is 21.7 Å². The van der Waals surface area contributed by atoms with Crippen LogP contribution in [0.1, 0.15) is 33.6 Å². The van der Waals surface area contributed by atoms with Crippen molar-refractivity contribution in [3.8, 4) is 0 Å². The summed E-state index contributed by atoms with van der Waals surface area (Å²) in [7, 11) is 1.82. The molecule has 0 amide bonds. The monoisotopic (exact) mass is 215 g/mol. The van der Waals surface area contributed by atoms with Crippen LogP contribution in [0.5, 0.6) is 0 Å². The molecule has 2 fully saturated rings. The second-order valence-corrected chi connectivity index (χ2v) is 4.47. The second-order valence-electron chi connectivity index (χ2n) is 4.47. The first kappa shape index (κ1) is 12.9. The lowest BCUT2D eigenvalue weighted by Gasteiger charge is -2.31. The van der Waals surface area contributed by atoms with Crippen LogP contribution in [0.25, 0.3) is 0 Å². The van der Waals surface area contributed by atoms with Gasteiger partial charge in [0.25, 0.3) is 0 Å². The van der Waals surface area contributed by atoms with E-state index in [1.807, 2.05) is 7.11 Å². The Balaban J connectivity index is 0.00000112. The molecule has 0 N–H and O–H groups in total. The highest BCUT2D eigenvalue weighted by Crippen LogP contribution is 2.39. The van der Waals surface area contributed by atoms with E-state index in [-0.39, 0.29) is 7.43 Å². The molecule has 2 aliphatic rings. The summed E-state index contributed by atoms with van der Waals surface area (Å²) in [6.07, 6.45) is 4.19. The van der Waals surface area contributed by atoms with Gasteiger partial charge in [-0.05, 0) is 32.7 Å². The lowest BCUT2D eigenvalue weighted by molar-refractivity contribution is 0.0399. The summed E-state index contributed by atoms with van der Waals surface area (Å²) in [5.41, 5.74) is 0.316. The maximum absolute atomic E-state index is 5.62. The Morgan fingerprint density at radius 1 is 1.47 bits per heavy atom. The van der Waals surface area contributed by atoms with Gasteiger partial charge < -0.3 is 9.47 Å². The quantitative estimate of drug-likeness (QED) is 0.715. The Morgan fingerprint density at radius 3 is 2.93 bits per heavy atom. The maximum Gasteiger partial charge on any atom is 0.0716 e. The van der Waals surface area contributed by atoms with Crippen LogP contribution in [0.3, 0.4) is 0 Å². The van der Waals surface area contributed by atoms with Crippen molar-refractivity contribution in [3.05, 3.63) is 0 Å². The fraction of sp³-hybridized carbons (Fsp3) is 1.00. The van der Waals surface area contributed by atoms with E-state index >= 15 is 0 Å². The highest BCUT2D eigenvalue weighted by atomic mass is 16.5. The number of methoxy groups -OCH3 is 1. The molecule has 2 heterocycles. The first-order valence-corrected chi connectivity index (χ1v) is 5.66. The van der Waals surface area contributed by atoms with Crippen molar-refractivity contribution in [2.75, 3.05) is 33.4 Å². The van der Waals surface area contributed by atoms with Crippen molar-refractivity contribution in [3.63, 3.8) is 0 Å². The van der Waals surface area contributed by atoms with Gasteiger partial charge >= 0.3 is 0 Å². The maximum atomic E-state index is 5.62. The van der Waals surface area contributed by atoms with Crippen molar-refractivity contribution in [1.29, 1.82) is 0 Å². The first-order chi connectivity index (χ1) is 6.80. The molecule has 0 bridgehead atoms. The van der Waals surface area contributed by atoms with Gasteiger partial charge in [0.2, 0.25) is 0 Å². The minimum absolute atomic E-state index is 0. The van der Waals surface area contributed by atoms with Crippen molar-refractivity contribution in [2.45, 2.75) is 45.3 Å². The van der Waals surface area contributed by atoms with Gasteiger partial charge in [0.05, 0.1) is 12.7 Å². The summed E-state index contributed by atoms with van der Waals surface area (Å²) < 4.78 is 11.1. The van der Waals surface area contributed by atoms with Crippen LogP contribution in [-0.4, -0.2) is 50.0 Å². The van der Waals surface area contributed by atoms with Crippen LogP contribution in [0.2, 0.25) is 0 Å². The SMILES string of the molecule is C.CCOCC12CCCN1CC(OC)C2. The Kier molecular flexibility index (Phi) is 4.56. The zero-order valence-electron chi connectivity index (χ0n) is 9.29. The third-order valence-corrected chi connectivity index (χ3v) is 3.68. The summed E-state index contributed by atoms with van der Waals surface area (Å²) in [5, 5.41) is 0. The Hall–Kier alpha value is -0.120. The predicted molar refractivity (Wildman–Crippen MR) is 62.2 cm³/mol. The normalized spacial score (nSPS) is 35.2. The van der Waals surface area contributed by atoms with Gasteiger partial charge in [-0.25, -0.2) is 0 Å². The highest BCUT2D eigenvalue weighted by molar-refractivity contribution is 5.03. The number of ether oxygens (including phenoxy) is 2. The molecule has 2 atom stereocenters. The van der Waals surface area contributed by atoms with Gasteiger partial charge in [-0.3, -0.25) is 4.90 Å². The lowest BCUT2D eigenvalue weighted by atomic mass is 9.94. The smallest absolute Gasteiger partial charge is 0.0716 e. The number of hydrogen-bond donors (Lipinski definition) is 0. The van der Waals surface area contributed by atoms with Gasteiger partial charge in [0.1, 0.15) is 0 Å². The Labute approximate surface area is 93.7 Å². The Bertz CT molecular complexity index is 198. The van der Waals surface area contributed by atoms with Crippen LogP contribution in [-0.2, 0) is 9.47 Å². The van der Waals surface area contributed by atoms with Crippen molar-refractivity contribution >= 4 is 0 Å². The van der Waals surface area contributed by atoms with Gasteiger partial charge in [0, 0.05) is 25.8 Å². The zero-order valence-corrected chi connectivity index (χ0v) is 9.29. The van der Waals surface area contributed by atoms with Gasteiger partial charge in [0.15, 0.2) is 0 Å². The summed E-state index contributed by atoms with van der Waals surface area (Å²) in [4.78, 5) is 2.57. The third-order valence-electron chi connectivity index (χ3n) is 3.68. The second kappa shape index (κ2) is 5.28. The number of fused-ring (bicyclic) bond motifs is 1. The molecular weight excluding hydrogens is 190 g/mol. The van der Waals surface area contributed by atoms with E-state index < -0.39 is 0 Å². The summed E-state index contributed by atoms with van der Waals surface area (Å²) >= 11 is 0. The minimum Gasteiger partial charge on any atom is -0.380 e. The summed E-state index contributed by atoms with van der Waals surface area (Å²) in [6, 6.07) is 0. The van der Waals surface area contributed by atoms with Crippen LogP contribution in [0.15, 0.2) is 0 Å². The molecule has 2 rings (SSSR count). The average molecular weight is 215 g/mol. The summed E-state index contributed by atoms with van der Waals surface area (Å²) in [5.74, 6) is 0. The number of nitrogens with zero attached hydrogens (tertiary/aromatic N) is 1. The van der Waals surface area contributed by atoms with Gasteiger partial charge in [-0.2, -0.15) is 0 Å². The molecule has 0 aliphatic carbocycles. The van der Waals surface area contributed by atoms with Crippen molar-refractivity contribution in [2.24, 2.45) is 0 Å². The highest BCUT2D eigenvalue weighted by Gasteiger charge is 2.48. The molecule has 90 valence electrons. The van der Waals surface area contributed by atoms with Crippen LogP contribution in [0, 0.1) is 0 Å². The molecule has 0 aromatic heterocycles. The largest absolute Gasteiger partial charge is 0.380 e. The molecule has 0 radical (unpaired) electrons. The van der Waals surface area contributed by atoms with E-state index in [1.165, 1.54) is 19.4 Å². The lowest BCUT2D eigenvalue weighted by Crippen LogP contribution is -2.42. The van der Waals surface area contributed by atoms with E-state index in [1.54, 1.807) is 0 Å². The molecule has 2 aliphatic heterocycles. The average Bonchev–Trinajstić information content (AvgIpc) is 2.70. The van der Waals surface area contributed by atoms with Crippen molar-refractivity contribution < 1.29 is 9.47 Å². The van der Waals surface area contributed by atoms with E-state index in [0.717, 1.165) is 26.2 Å². The third kappa shape index (κ3) is 2.35. The number of hydrogen-bond acceptors (Lipinski definition) is 3. The molecule has 2 saturated heterocycles. The predicted octanol–water partition coefficient (Wildman–Crippen LogP) is 1.91. The van der Waals surface area contributed by atoms with E-state index in [2.05, 4.69) is 11.8 Å². The van der Waals surface area contributed by atoms with Crippen LogP contribution < -0.4 is 0 Å². The molecule has 0 aromatic carbocycles. The van der Waals surface area contributed by atoms with Gasteiger partial charge in [-0.1, -0.05) is 7.43 Å². The number of rotatable bonds is 4. The fourth-order valence-electron chi connectivity index (χ4n) is 2.92. The van der Waals surface area contributed by atoms with Gasteiger partial charge in [-0.15, -0.1) is 0 Å². The van der Waals surface area contributed by atoms with E-state index in [0.29, 0.717) is 11.6 Å². The minimum atomic E-state index is 0. The molecule has 0 aromatic rings. The van der Waals surface area contributed by atoms with Crippen LogP contribution >= 0.6 is 0 Å². The van der Waals surface area contributed by atoms with E-state index in [9.17, 15) is 0 Å². The molecular formula is C12H25NO2. The fourth-order valence-corrected chi connectivity index (χ4v) is 2.92. The van der Waals surface area contributed by atoms with Crippen molar-refractivity contribution in [1.82, 2.24) is 4.90 Å². The van der Waals surface area contributed by atoms with E-state index in [4.69, 9.17) is 9.47 Å². The first-order valence-electron chi connectivity index (χ1n) is 5.66. The molecule has 3 heteroatoms. The molecule has 2 unspecified atom stereocenters.